The highest BCUT2D eigenvalue weighted by Crippen LogP contribution is 2.30. The van der Waals surface area contributed by atoms with E-state index < -0.39 is 0 Å². The zero-order valence-corrected chi connectivity index (χ0v) is 13.0. The molecule has 1 aliphatic carbocycles. The molecule has 1 aromatic heterocycles. The van der Waals surface area contributed by atoms with Crippen molar-refractivity contribution in [3.63, 3.8) is 0 Å². The monoisotopic (exact) mass is 287 g/mol. The Balaban J connectivity index is 1.63. The summed E-state index contributed by atoms with van der Waals surface area (Å²) in [6.45, 7) is 5.38. The topological polar surface area (TPSA) is 37.8 Å². The van der Waals surface area contributed by atoms with E-state index in [1.165, 1.54) is 29.5 Å². The van der Waals surface area contributed by atoms with Crippen molar-refractivity contribution in [2.45, 2.75) is 45.6 Å². The Morgan fingerprint density at radius 2 is 1.95 bits per heavy atom. The first-order valence-corrected chi connectivity index (χ1v) is 8.18. The largest absolute Gasteiger partial charge is 0.314 e. The van der Waals surface area contributed by atoms with E-state index in [1.807, 2.05) is 0 Å². The maximum atomic E-state index is 4.38. The van der Waals surface area contributed by atoms with Crippen molar-refractivity contribution >= 4 is 11.3 Å². The Bertz CT molecular complexity index is 567. The molecule has 1 fully saturated rings. The van der Waals surface area contributed by atoms with Gasteiger partial charge in [-0.25, -0.2) is 0 Å². The quantitative estimate of drug-likeness (QED) is 0.826. The maximum absolute atomic E-state index is 4.38. The molecule has 0 bridgehead atoms. The van der Waals surface area contributed by atoms with Crippen LogP contribution >= 0.6 is 11.3 Å². The molecule has 20 heavy (non-hydrogen) atoms. The predicted octanol–water partition coefficient (Wildman–Crippen LogP) is 3.51. The van der Waals surface area contributed by atoms with Gasteiger partial charge in [-0.05, 0) is 50.8 Å². The molecule has 0 radical (unpaired) electrons. The second-order valence-corrected chi connectivity index (χ2v) is 6.66. The average Bonchev–Trinajstić information content (AvgIpc) is 3.13. The van der Waals surface area contributed by atoms with Crippen LogP contribution in [0.5, 0.6) is 0 Å². The number of hydrogen-bond acceptors (Lipinski definition) is 4. The first-order chi connectivity index (χ1) is 9.74. The smallest absolute Gasteiger partial charge is 0.148 e. The van der Waals surface area contributed by atoms with Gasteiger partial charge in [0.1, 0.15) is 10.0 Å². The summed E-state index contributed by atoms with van der Waals surface area (Å²) in [5.41, 5.74) is 3.82. The van der Waals surface area contributed by atoms with Gasteiger partial charge in [0.15, 0.2) is 0 Å². The van der Waals surface area contributed by atoms with E-state index >= 15 is 0 Å². The Morgan fingerprint density at radius 1 is 1.20 bits per heavy atom. The van der Waals surface area contributed by atoms with Crippen molar-refractivity contribution in [3.8, 4) is 10.6 Å². The van der Waals surface area contributed by atoms with Gasteiger partial charge in [-0.15, -0.1) is 10.2 Å². The van der Waals surface area contributed by atoms with Crippen LogP contribution in [-0.2, 0) is 6.42 Å². The molecular formula is C16H21N3S. The summed E-state index contributed by atoms with van der Waals surface area (Å²) in [6, 6.07) is 7.18. The number of nitrogens with zero attached hydrogens (tertiary/aromatic N) is 2. The molecule has 0 spiro atoms. The molecule has 4 heteroatoms. The van der Waals surface area contributed by atoms with Gasteiger partial charge in [0.2, 0.25) is 0 Å². The van der Waals surface area contributed by atoms with Crippen LogP contribution in [0.4, 0.5) is 0 Å². The minimum absolute atomic E-state index is 0.801. The van der Waals surface area contributed by atoms with Crippen molar-refractivity contribution in [3.05, 3.63) is 34.3 Å². The highest BCUT2D eigenvalue weighted by molar-refractivity contribution is 7.14. The lowest BCUT2D eigenvalue weighted by atomic mass is 10.0. The van der Waals surface area contributed by atoms with Crippen LogP contribution in [0.2, 0.25) is 0 Å². The number of rotatable bonds is 6. The van der Waals surface area contributed by atoms with Gasteiger partial charge in [-0.3, -0.25) is 0 Å². The van der Waals surface area contributed by atoms with Gasteiger partial charge < -0.3 is 5.32 Å². The highest BCUT2D eigenvalue weighted by atomic mass is 32.1. The van der Waals surface area contributed by atoms with E-state index in [9.17, 15) is 0 Å². The molecule has 3 rings (SSSR count). The molecule has 1 heterocycles. The lowest BCUT2D eigenvalue weighted by molar-refractivity contribution is 0.643. The van der Waals surface area contributed by atoms with Crippen LogP contribution < -0.4 is 5.32 Å². The van der Waals surface area contributed by atoms with E-state index in [4.69, 9.17) is 0 Å². The predicted molar refractivity (Wildman–Crippen MR) is 84.2 cm³/mol. The highest BCUT2D eigenvalue weighted by Gasteiger charge is 2.19. The lowest BCUT2D eigenvalue weighted by Gasteiger charge is -2.04. The van der Waals surface area contributed by atoms with E-state index in [2.05, 4.69) is 47.6 Å². The fourth-order valence-electron chi connectivity index (χ4n) is 2.44. The second kappa shape index (κ2) is 6.02. The third kappa shape index (κ3) is 3.25. The van der Waals surface area contributed by atoms with E-state index in [-0.39, 0.29) is 0 Å². The molecule has 1 aromatic carbocycles. The van der Waals surface area contributed by atoms with Gasteiger partial charge in [-0.2, -0.15) is 0 Å². The van der Waals surface area contributed by atoms with Crippen LogP contribution in [0.15, 0.2) is 18.2 Å². The average molecular weight is 287 g/mol. The molecule has 0 amide bonds. The zero-order valence-electron chi connectivity index (χ0n) is 12.1. The van der Waals surface area contributed by atoms with Crippen molar-refractivity contribution < 1.29 is 0 Å². The molecule has 0 saturated heterocycles. The first kappa shape index (κ1) is 13.7. The summed E-state index contributed by atoms with van der Waals surface area (Å²) in [4.78, 5) is 0. The van der Waals surface area contributed by atoms with Gasteiger partial charge in [0, 0.05) is 18.0 Å². The molecule has 3 nitrogen and oxygen atoms in total. The molecular weight excluding hydrogens is 266 g/mol. The maximum Gasteiger partial charge on any atom is 0.148 e. The molecule has 106 valence electrons. The van der Waals surface area contributed by atoms with Gasteiger partial charge in [-0.1, -0.05) is 29.5 Å². The SMILES string of the molecule is Cc1cccc(C)c1-c1nnc(CCCNC2CC2)s1. The Kier molecular flexibility index (Phi) is 4.13. The molecule has 2 aromatic rings. The summed E-state index contributed by atoms with van der Waals surface area (Å²) < 4.78 is 0. The van der Waals surface area contributed by atoms with E-state index in [0.29, 0.717) is 0 Å². The Labute approximate surface area is 124 Å². The van der Waals surface area contributed by atoms with Crippen LogP contribution in [-0.4, -0.2) is 22.8 Å². The van der Waals surface area contributed by atoms with Crippen molar-refractivity contribution in [2.75, 3.05) is 6.54 Å². The van der Waals surface area contributed by atoms with Crippen LogP contribution in [0.1, 0.15) is 35.4 Å². The number of aromatic nitrogens is 2. The van der Waals surface area contributed by atoms with Crippen LogP contribution in [0.3, 0.4) is 0 Å². The van der Waals surface area contributed by atoms with Crippen molar-refractivity contribution in [1.29, 1.82) is 0 Å². The van der Waals surface area contributed by atoms with E-state index in [0.717, 1.165) is 35.4 Å². The molecule has 0 atom stereocenters. The molecule has 0 aliphatic heterocycles. The summed E-state index contributed by atoms with van der Waals surface area (Å²) in [5.74, 6) is 0. The molecule has 1 aliphatic rings. The fourth-order valence-corrected chi connectivity index (χ4v) is 3.50. The summed E-state index contributed by atoms with van der Waals surface area (Å²) in [5, 5.41) is 14.5. The molecule has 1 N–H and O–H groups in total. The second-order valence-electron chi connectivity index (χ2n) is 5.60. The zero-order chi connectivity index (χ0) is 13.9. The normalized spacial score (nSPS) is 14.7. The van der Waals surface area contributed by atoms with Crippen LogP contribution in [0.25, 0.3) is 10.6 Å². The Hall–Kier alpha value is -1.26. The lowest BCUT2D eigenvalue weighted by Crippen LogP contribution is -2.17. The van der Waals surface area contributed by atoms with Crippen LogP contribution in [0, 0.1) is 13.8 Å². The minimum Gasteiger partial charge on any atom is -0.314 e. The third-order valence-electron chi connectivity index (χ3n) is 3.74. The minimum atomic E-state index is 0.801. The number of nitrogens with one attached hydrogen (secondary N) is 1. The Morgan fingerprint density at radius 3 is 2.65 bits per heavy atom. The van der Waals surface area contributed by atoms with E-state index in [1.54, 1.807) is 11.3 Å². The van der Waals surface area contributed by atoms with Gasteiger partial charge in [0.05, 0.1) is 0 Å². The number of hydrogen-bond donors (Lipinski definition) is 1. The fraction of sp³-hybridized carbons (Fsp3) is 0.500. The summed E-state index contributed by atoms with van der Waals surface area (Å²) in [6.07, 6.45) is 4.89. The summed E-state index contributed by atoms with van der Waals surface area (Å²) in [7, 11) is 0. The number of benzene rings is 1. The molecule has 1 saturated carbocycles. The first-order valence-electron chi connectivity index (χ1n) is 7.36. The number of aryl methyl sites for hydroxylation is 3. The van der Waals surface area contributed by atoms with Crippen molar-refractivity contribution in [1.82, 2.24) is 15.5 Å². The van der Waals surface area contributed by atoms with Gasteiger partial charge >= 0.3 is 0 Å². The third-order valence-corrected chi connectivity index (χ3v) is 4.74. The van der Waals surface area contributed by atoms with Crippen molar-refractivity contribution in [2.24, 2.45) is 0 Å². The van der Waals surface area contributed by atoms with Gasteiger partial charge in [0.25, 0.3) is 0 Å². The summed E-state index contributed by atoms with van der Waals surface area (Å²) >= 11 is 1.74. The standard InChI is InChI=1S/C16H21N3S/c1-11-5-3-6-12(2)15(11)16-19-18-14(20-16)7-4-10-17-13-8-9-13/h3,5-6,13,17H,4,7-10H2,1-2H3. The molecule has 0 unspecified atom stereocenters.